The summed E-state index contributed by atoms with van der Waals surface area (Å²) in [5.41, 5.74) is 2.00. The Labute approximate surface area is 124 Å². The molecular formula is C17H19NO3. The standard InChI is InChI=1S/C17H19NO3/c19-14-16(20)21-15-13-7-3-2-6-12(13)8-11-17(18(14)15)9-4-1-5-10-17/h2-3,6-7,15H,1,4-5,8-11H2. The van der Waals surface area contributed by atoms with Crippen molar-refractivity contribution in [2.45, 2.75) is 56.7 Å². The second kappa shape index (κ2) is 4.58. The van der Waals surface area contributed by atoms with Crippen LogP contribution in [0.3, 0.4) is 0 Å². The van der Waals surface area contributed by atoms with E-state index < -0.39 is 18.1 Å². The van der Waals surface area contributed by atoms with Crippen LogP contribution in [-0.2, 0) is 20.7 Å². The largest absolute Gasteiger partial charge is 0.430 e. The van der Waals surface area contributed by atoms with E-state index >= 15 is 0 Å². The number of carbonyl (C=O) groups excluding carboxylic acids is 2. The van der Waals surface area contributed by atoms with Crippen LogP contribution >= 0.6 is 0 Å². The van der Waals surface area contributed by atoms with Crippen molar-refractivity contribution in [1.29, 1.82) is 0 Å². The first-order chi connectivity index (χ1) is 10.2. The number of hydrogen-bond acceptors (Lipinski definition) is 3. The first kappa shape index (κ1) is 12.9. The van der Waals surface area contributed by atoms with Gasteiger partial charge in [0.25, 0.3) is 0 Å². The highest BCUT2D eigenvalue weighted by Gasteiger charge is 2.54. The van der Waals surface area contributed by atoms with Crippen molar-refractivity contribution >= 4 is 11.9 Å². The monoisotopic (exact) mass is 285 g/mol. The molecule has 4 heteroatoms. The highest BCUT2D eigenvalue weighted by atomic mass is 16.6. The third-order valence-corrected chi connectivity index (χ3v) is 5.32. The van der Waals surface area contributed by atoms with Gasteiger partial charge in [-0.2, -0.15) is 0 Å². The van der Waals surface area contributed by atoms with E-state index in [9.17, 15) is 9.59 Å². The van der Waals surface area contributed by atoms with Gasteiger partial charge in [0.05, 0.1) is 0 Å². The molecule has 1 spiro atoms. The fourth-order valence-electron chi connectivity index (χ4n) is 4.27. The highest BCUT2D eigenvalue weighted by Crippen LogP contribution is 2.47. The van der Waals surface area contributed by atoms with E-state index in [0.29, 0.717) is 0 Å². The maximum atomic E-state index is 12.4. The van der Waals surface area contributed by atoms with Gasteiger partial charge in [-0.25, -0.2) is 4.79 Å². The predicted octanol–water partition coefficient (Wildman–Crippen LogP) is 2.72. The lowest BCUT2D eigenvalue weighted by molar-refractivity contribution is -0.149. The van der Waals surface area contributed by atoms with Gasteiger partial charge in [0, 0.05) is 11.1 Å². The molecule has 4 nitrogen and oxygen atoms in total. The van der Waals surface area contributed by atoms with E-state index in [1.165, 1.54) is 12.0 Å². The van der Waals surface area contributed by atoms with Crippen molar-refractivity contribution in [3.63, 3.8) is 0 Å². The zero-order valence-corrected chi connectivity index (χ0v) is 12.0. The summed E-state index contributed by atoms with van der Waals surface area (Å²) in [6.45, 7) is 0. The molecule has 1 aliphatic carbocycles. The van der Waals surface area contributed by atoms with E-state index in [4.69, 9.17) is 4.74 Å². The summed E-state index contributed by atoms with van der Waals surface area (Å²) in [5, 5.41) is 0. The minimum atomic E-state index is -0.693. The van der Waals surface area contributed by atoms with Crippen molar-refractivity contribution < 1.29 is 14.3 Å². The van der Waals surface area contributed by atoms with Crippen LogP contribution in [0, 0.1) is 0 Å². The van der Waals surface area contributed by atoms with Gasteiger partial charge in [-0.05, 0) is 31.2 Å². The van der Waals surface area contributed by atoms with Gasteiger partial charge in [0.1, 0.15) is 0 Å². The lowest BCUT2D eigenvalue weighted by Gasteiger charge is -2.44. The number of rotatable bonds is 0. The summed E-state index contributed by atoms with van der Waals surface area (Å²) in [6.07, 6.45) is 6.82. The molecule has 2 fully saturated rings. The van der Waals surface area contributed by atoms with Gasteiger partial charge >= 0.3 is 11.9 Å². The lowest BCUT2D eigenvalue weighted by atomic mass is 9.77. The molecule has 1 atom stereocenters. The Morgan fingerprint density at radius 2 is 1.81 bits per heavy atom. The third-order valence-electron chi connectivity index (χ3n) is 5.32. The molecule has 1 aromatic rings. The second-order valence-electron chi connectivity index (χ2n) is 6.42. The Bertz CT molecular complexity index is 604. The molecule has 1 unspecified atom stereocenters. The minimum Gasteiger partial charge on any atom is -0.430 e. The fourth-order valence-corrected chi connectivity index (χ4v) is 4.27. The molecule has 2 aliphatic heterocycles. The molecule has 3 aliphatic rings. The summed E-state index contributed by atoms with van der Waals surface area (Å²) in [7, 11) is 0. The summed E-state index contributed by atoms with van der Waals surface area (Å²) in [5.74, 6) is -1.14. The molecule has 1 amide bonds. The average Bonchev–Trinajstić information content (AvgIpc) is 2.75. The van der Waals surface area contributed by atoms with Gasteiger partial charge in [-0.3, -0.25) is 9.69 Å². The molecule has 0 aromatic heterocycles. The number of aryl methyl sites for hydroxylation is 1. The van der Waals surface area contributed by atoms with Crippen LogP contribution in [0.5, 0.6) is 0 Å². The maximum absolute atomic E-state index is 12.4. The van der Waals surface area contributed by atoms with Crippen molar-refractivity contribution in [2.75, 3.05) is 0 Å². The van der Waals surface area contributed by atoms with E-state index in [-0.39, 0.29) is 5.54 Å². The van der Waals surface area contributed by atoms with Crippen molar-refractivity contribution in [1.82, 2.24) is 4.90 Å². The summed E-state index contributed by atoms with van der Waals surface area (Å²) in [6, 6.07) is 8.04. The Morgan fingerprint density at radius 1 is 1.05 bits per heavy atom. The fraction of sp³-hybridized carbons (Fsp3) is 0.529. The van der Waals surface area contributed by atoms with Crippen LogP contribution in [0.15, 0.2) is 24.3 Å². The van der Waals surface area contributed by atoms with Crippen LogP contribution < -0.4 is 0 Å². The Hall–Kier alpha value is -1.84. The van der Waals surface area contributed by atoms with Crippen LogP contribution in [0.4, 0.5) is 0 Å². The molecule has 21 heavy (non-hydrogen) atoms. The molecule has 110 valence electrons. The molecule has 0 radical (unpaired) electrons. The molecule has 4 rings (SSSR count). The number of amides is 1. The number of esters is 1. The predicted molar refractivity (Wildman–Crippen MR) is 76.3 cm³/mol. The van der Waals surface area contributed by atoms with E-state index in [1.807, 2.05) is 18.2 Å². The number of carbonyl (C=O) groups is 2. The van der Waals surface area contributed by atoms with E-state index in [0.717, 1.165) is 44.1 Å². The van der Waals surface area contributed by atoms with E-state index in [1.54, 1.807) is 4.90 Å². The molecule has 2 heterocycles. The van der Waals surface area contributed by atoms with Gasteiger partial charge in [0.15, 0.2) is 0 Å². The highest BCUT2D eigenvalue weighted by molar-refractivity contribution is 6.34. The topological polar surface area (TPSA) is 46.6 Å². The summed E-state index contributed by atoms with van der Waals surface area (Å²) >= 11 is 0. The molecule has 1 aromatic carbocycles. The van der Waals surface area contributed by atoms with Crippen LogP contribution in [0.25, 0.3) is 0 Å². The zero-order chi connectivity index (χ0) is 14.4. The Morgan fingerprint density at radius 3 is 2.62 bits per heavy atom. The summed E-state index contributed by atoms with van der Waals surface area (Å²) < 4.78 is 5.45. The number of ether oxygens (including phenoxy) is 1. The SMILES string of the molecule is O=C1OC2c3ccccc3CCC3(CCCCC3)N2C1=O. The van der Waals surface area contributed by atoms with Gasteiger partial charge < -0.3 is 4.74 Å². The lowest BCUT2D eigenvalue weighted by Crippen LogP contribution is -2.51. The van der Waals surface area contributed by atoms with Crippen molar-refractivity contribution in [3.05, 3.63) is 35.4 Å². The van der Waals surface area contributed by atoms with Crippen molar-refractivity contribution in [3.8, 4) is 0 Å². The zero-order valence-electron chi connectivity index (χ0n) is 12.0. The summed E-state index contributed by atoms with van der Waals surface area (Å²) in [4.78, 5) is 26.1. The molecular weight excluding hydrogens is 266 g/mol. The molecule has 1 saturated carbocycles. The molecule has 1 saturated heterocycles. The Balaban J connectivity index is 1.84. The smallest absolute Gasteiger partial charge is 0.399 e. The molecule has 0 N–H and O–H groups in total. The molecule has 0 bridgehead atoms. The number of nitrogens with zero attached hydrogens (tertiary/aromatic N) is 1. The van der Waals surface area contributed by atoms with Crippen molar-refractivity contribution in [2.24, 2.45) is 0 Å². The number of fused-ring (bicyclic) bond motifs is 4. The normalized spacial score (nSPS) is 27.0. The minimum absolute atomic E-state index is 0.189. The Kier molecular flexibility index (Phi) is 2.81. The van der Waals surface area contributed by atoms with Gasteiger partial charge in [-0.15, -0.1) is 0 Å². The van der Waals surface area contributed by atoms with Gasteiger partial charge in [0.2, 0.25) is 6.23 Å². The number of hydrogen-bond donors (Lipinski definition) is 0. The van der Waals surface area contributed by atoms with Crippen LogP contribution in [0.2, 0.25) is 0 Å². The average molecular weight is 285 g/mol. The first-order valence-electron chi connectivity index (χ1n) is 7.83. The van der Waals surface area contributed by atoms with Crippen LogP contribution in [-0.4, -0.2) is 22.3 Å². The van der Waals surface area contributed by atoms with Gasteiger partial charge in [-0.1, -0.05) is 43.5 Å². The van der Waals surface area contributed by atoms with Crippen LogP contribution in [0.1, 0.15) is 55.9 Å². The van der Waals surface area contributed by atoms with E-state index in [2.05, 4.69) is 6.07 Å². The second-order valence-corrected chi connectivity index (χ2v) is 6.42. The maximum Gasteiger partial charge on any atom is 0.399 e. The third kappa shape index (κ3) is 1.81. The number of benzene rings is 1. The quantitative estimate of drug-likeness (QED) is 0.544. The first-order valence-corrected chi connectivity index (χ1v) is 7.83.